The Kier molecular flexibility index (Phi) is 2.14. The van der Waals surface area contributed by atoms with E-state index in [1.165, 1.54) is 6.21 Å². The van der Waals surface area contributed by atoms with Crippen LogP contribution in [-0.2, 0) is 0 Å². The average Bonchev–Trinajstić information content (AvgIpc) is 1.37. The van der Waals surface area contributed by atoms with Crippen molar-refractivity contribution in [2.45, 2.75) is 6.92 Å². The van der Waals surface area contributed by atoms with Crippen molar-refractivity contribution in [3.05, 3.63) is 0 Å². The summed E-state index contributed by atoms with van der Waals surface area (Å²) < 4.78 is 0. The van der Waals surface area contributed by atoms with Crippen molar-refractivity contribution in [3.8, 4) is 0 Å². The molecule has 0 aromatic rings. The first-order valence-corrected chi connectivity index (χ1v) is 1.09. The van der Waals surface area contributed by atoms with Gasteiger partial charge >= 0.3 is 0 Å². The second-order valence-electron chi connectivity index (χ2n) is 0.418. The molecule has 0 heterocycles. The Balaban J connectivity index is 2.55. The summed E-state index contributed by atoms with van der Waals surface area (Å²) in [5.74, 6) is 0. The van der Waals surface area contributed by atoms with Crippen molar-refractivity contribution in [1.82, 2.24) is 0 Å². The van der Waals surface area contributed by atoms with Gasteiger partial charge in [0.05, 0.1) is 0 Å². The highest BCUT2D eigenvalue weighted by atomic mass is 16.4. The van der Waals surface area contributed by atoms with Gasteiger partial charge < -0.3 is 0 Å². The van der Waals surface area contributed by atoms with Crippen LogP contribution >= 0.6 is 0 Å². The normalized spacial score (nSPS) is 9.25. The zero-order chi connectivity index (χ0) is 3.41. The fraction of sp³-hybridized carbons (Fsp3) is 0.500. The van der Waals surface area contributed by atoms with E-state index in [9.17, 15) is 0 Å². The Morgan fingerprint density at radius 1 is 2.00 bits per heavy atom. The molecule has 2 heteroatoms. The molecule has 0 aliphatic rings. The molecule has 0 unspecified atom stereocenters. The average molecular weight is 60.1 g/mol. The van der Waals surface area contributed by atoms with E-state index < -0.39 is 0 Å². The molecule has 2 N–H and O–H groups in total. The number of hydrogen-bond donors (Lipinski definition) is 2. The lowest BCUT2D eigenvalue weighted by atomic mass is 10.9. The van der Waals surface area contributed by atoms with Crippen LogP contribution in [-0.4, -0.2) is 11.4 Å². The molecular weight excluding hydrogens is 54.0 g/mol. The second-order valence-corrected chi connectivity index (χ2v) is 0.418. The van der Waals surface area contributed by atoms with E-state index in [1.807, 2.05) is 0 Å². The summed E-state index contributed by atoms with van der Waals surface area (Å²) >= 11 is 0. The molecule has 2 nitrogen and oxygen atoms in total. The third-order valence-electron chi connectivity index (χ3n) is 0.129. The highest BCUT2D eigenvalue weighted by molar-refractivity contribution is 5.44. The summed E-state index contributed by atoms with van der Waals surface area (Å²) in [6.45, 7) is 1.69. The first-order valence-electron chi connectivity index (χ1n) is 1.09. The second kappa shape index (κ2) is 2.47. The van der Waals surface area contributed by atoms with E-state index in [1.54, 1.807) is 12.1 Å². The molecule has 0 rings (SSSR count). The molecule has 0 bridgehead atoms. The Hall–Kier alpha value is -0.530. The van der Waals surface area contributed by atoms with Crippen LogP contribution in [0.25, 0.3) is 0 Å². The smallest absolute Gasteiger partial charge is 0.186 e. The molecule has 0 aromatic carbocycles. The van der Waals surface area contributed by atoms with Crippen LogP contribution < -0.4 is 5.16 Å². The highest BCUT2D eigenvalue weighted by Crippen LogP contribution is 1.05. The van der Waals surface area contributed by atoms with E-state index in [2.05, 4.69) is 0 Å². The predicted octanol–water partition coefficient (Wildman–Crippen LogP) is -1.45. The predicted molar refractivity (Wildman–Crippen MR) is 14.5 cm³/mol. The van der Waals surface area contributed by atoms with Crippen molar-refractivity contribution in [2.75, 3.05) is 0 Å². The summed E-state index contributed by atoms with van der Waals surface area (Å²) in [4.78, 5) is 0. The number of hydrogen-bond acceptors (Lipinski definition) is 1. The molecule has 0 radical (unpaired) electrons. The maximum Gasteiger partial charge on any atom is 0.186 e. The fourth-order valence-corrected chi connectivity index (χ4v) is 0. The monoisotopic (exact) mass is 60.0 g/mol. The Bertz CT molecular complexity index is 21.2. The summed E-state index contributed by atoms with van der Waals surface area (Å²) in [6, 6.07) is 0. The number of rotatable bonds is 0. The van der Waals surface area contributed by atoms with Gasteiger partial charge in [-0.05, 0) is 5.16 Å². The molecule has 24 valence electrons. The van der Waals surface area contributed by atoms with Crippen LogP contribution in [0.1, 0.15) is 6.92 Å². The van der Waals surface area contributed by atoms with Gasteiger partial charge in [0, 0.05) is 6.92 Å². The van der Waals surface area contributed by atoms with E-state index in [-0.39, 0.29) is 0 Å². The van der Waals surface area contributed by atoms with E-state index in [0.717, 1.165) is 0 Å². The third-order valence-corrected chi connectivity index (χ3v) is 0.129. The molecule has 0 aliphatic carbocycles. The standard InChI is InChI=1S/C2H5NO/c1-2-3-4/h2,4H,1H3/p+1/b3-2+. The summed E-state index contributed by atoms with van der Waals surface area (Å²) in [7, 11) is 0. The highest BCUT2D eigenvalue weighted by Gasteiger charge is 1.44. The van der Waals surface area contributed by atoms with Crippen LogP contribution in [0.3, 0.4) is 0 Å². The largest absolute Gasteiger partial charge is 0.293 e. The summed E-state index contributed by atoms with van der Waals surface area (Å²) in [5.41, 5.74) is 0. The van der Waals surface area contributed by atoms with Gasteiger partial charge in [0.2, 0.25) is 0 Å². The molecule has 0 fully saturated rings. The molecule has 0 amide bonds. The quantitative estimate of drug-likeness (QED) is 0.200. The Morgan fingerprint density at radius 3 is 2.25 bits per heavy atom. The summed E-state index contributed by atoms with van der Waals surface area (Å²) in [6.07, 6.45) is 1.43. The Morgan fingerprint density at radius 2 is 2.25 bits per heavy atom. The molecule has 0 atom stereocenters. The van der Waals surface area contributed by atoms with Crippen molar-refractivity contribution in [1.29, 1.82) is 0 Å². The van der Waals surface area contributed by atoms with Crippen LogP contribution in [0, 0.1) is 0 Å². The first-order chi connectivity index (χ1) is 1.91. The maximum absolute atomic E-state index is 7.57. The molecule has 0 aliphatic heterocycles. The third kappa shape index (κ3) is 1.47. The van der Waals surface area contributed by atoms with Crippen molar-refractivity contribution in [2.24, 2.45) is 0 Å². The lowest BCUT2D eigenvalue weighted by Gasteiger charge is -1.44. The van der Waals surface area contributed by atoms with Crippen LogP contribution in [0.4, 0.5) is 0 Å². The van der Waals surface area contributed by atoms with E-state index in [0.29, 0.717) is 0 Å². The fourth-order valence-electron chi connectivity index (χ4n) is 0. The molecule has 0 saturated heterocycles. The molecule has 0 spiro atoms. The lowest BCUT2D eigenvalue weighted by molar-refractivity contribution is -0.734. The first kappa shape index (κ1) is 3.47. The lowest BCUT2D eigenvalue weighted by Crippen LogP contribution is -2.63. The van der Waals surface area contributed by atoms with Gasteiger partial charge in [0.15, 0.2) is 6.21 Å². The van der Waals surface area contributed by atoms with Crippen molar-refractivity contribution < 1.29 is 10.4 Å². The van der Waals surface area contributed by atoms with Gasteiger partial charge in [-0.2, -0.15) is 0 Å². The minimum atomic E-state index is 1.43. The zero-order valence-corrected chi connectivity index (χ0v) is 2.52. The van der Waals surface area contributed by atoms with Gasteiger partial charge in [-0.1, -0.05) is 0 Å². The van der Waals surface area contributed by atoms with Gasteiger partial charge in [-0.25, -0.2) is 0 Å². The van der Waals surface area contributed by atoms with Gasteiger partial charge in [0.25, 0.3) is 0 Å². The molecule has 0 aromatic heterocycles. The van der Waals surface area contributed by atoms with Gasteiger partial charge in [-0.3, -0.25) is 5.21 Å². The van der Waals surface area contributed by atoms with Crippen LogP contribution in [0.5, 0.6) is 0 Å². The van der Waals surface area contributed by atoms with Crippen LogP contribution in [0.15, 0.2) is 0 Å². The summed E-state index contributed by atoms with van der Waals surface area (Å²) in [5, 5.41) is 9.38. The topological polar surface area (TPSA) is 34.2 Å². The number of nitrogens with one attached hydrogen (secondary N) is 1. The Labute approximate surface area is 24.7 Å². The molecular formula is C2H6NO+. The van der Waals surface area contributed by atoms with Gasteiger partial charge in [-0.15, -0.1) is 0 Å². The minimum absolute atomic E-state index is 1.43. The minimum Gasteiger partial charge on any atom is -0.293 e. The SMILES string of the molecule is C/C=[NH+]/O. The van der Waals surface area contributed by atoms with Crippen LogP contribution in [0.2, 0.25) is 0 Å². The van der Waals surface area contributed by atoms with Crippen molar-refractivity contribution >= 4 is 6.21 Å². The maximum atomic E-state index is 7.57. The van der Waals surface area contributed by atoms with Crippen molar-refractivity contribution in [3.63, 3.8) is 0 Å². The van der Waals surface area contributed by atoms with E-state index >= 15 is 0 Å². The molecule has 4 heavy (non-hydrogen) atoms. The zero-order valence-electron chi connectivity index (χ0n) is 2.52. The van der Waals surface area contributed by atoms with E-state index in [4.69, 9.17) is 5.21 Å². The molecule has 0 saturated carbocycles. The van der Waals surface area contributed by atoms with Gasteiger partial charge in [0.1, 0.15) is 0 Å².